The zero-order valence-electron chi connectivity index (χ0n) is 16.4. The molecule has 3 rings (SSSR count). The first-order valence-electron chi connectivity index (χ1n) is 9.30. The predicted octanol–water partition coefficient (Wildman–Crippen LogP) is 0.0480. The standard InChI is InChI=1S/C19H21N5O6S/c1-8-14(13-15(21-8)23-19(20)24-17(13)28)31-10-4-2-9(3-5-10)16(27)22-11(18(29)30)6-7-12(25)26/h2-5,11,13,15,21H,6-7H2,1H3,(H,22,27)(H,25,26)(H,29,30)(H3,20,23,24,28). The highest BCUT2D eigenvalue weighted by Gasteiger charge is 2.41. The second kappa shape index (κ2) is 9.08. The number of rotatable bonds is 8. The first-order chi connectivity index (χ1) is 14.7. The molecule has 0 fully saturated rings. The number of carbonyl (C=O) groups excluding carboxylic acids is 2. The fourth-order valence-corrected chi connectivity index (χ4v) is 4.32. The maximum atomic E-state index is 12.3. The number of amides is 2. The van der Waals surface area contributed by atoms with Crippen molar-refractivity contribution in [3.8, 4) is 0 Å². The number of benzene rings is 1. The number of carbonyl (C=O) groups is 4. The second-order valence-corrected chi connectivity index (χ2v) is 8.10. The smallest absolute Gasteiger partial charge is 0.326 e. The summed E-state index contributed by atoms with van der Waals surface area (Å²) in [6.07, 6.45) is -1.05. The van der Waals surface area contributed by atoms with E-state index >= 15 is 0 Å². The number of nitrogens with two attached hydrogens (primary N) is 1. The van der Waals surface area contributed by atoms with Crippen LogP contribution in [0.1, 0.15) is 30.1 Å². The third-order valence-electron chi connectivity index (χ3n) is 4.74. The molecule has 7 N–H and O–H groups in total. The zero-order valence-corrected chi connectivity index (χ0v) is 17.2. The first-order valence-corrected chi connectivity index (χ1v) is 10.1. The van der Waals surface area contributed by atoms with E-state index in [0.29, 0.717) is 0 Å². The molecule has 0 bridgehead atoms. The molecule has 12 heteroatoms. The molecule has 2 aliphatic rings. The van der Waals surface area contributed by atoms with Crippen LogP contribution in [0.5, 0.6) is 0 Å². The van der Waals surface area contributed by atoms with Crippen LogP contribution in [0.2, 0.25) is 0 Å². The molecule has 2 amide bonds. The molecule has 11 nitrogen and oxygen atoms in total. The minimum Gasteiger partial charge on any atom is -0.481 e. The van der Waals surface area contributed by atoms with Crippen LogP contribution in [0.25, 0.3) is 0 Å². The number of hydrogen-bond donors (Lipinski definition) is 6. The summed E-state index contributed by atoms with van der Waals surface area (Å²) in [5.41, 5.74) is 6.64. The Labute approximate surface area is 181 Å². The van der Waals surface area contributed by atoms with E-state index in [0.717, 1.165) is 15.5 Å². The lowest BCUT2D eigenvalue weighted by Gasteiger charge is -2.23. The van der Waals surface area contributed by atoms with E-state index < -0.39 is 36.0 Å². The van der Waals surface area contributed by atoms with Crippen molar-refractivity contribution in [3.63, 3.8) is 0 Å². The third-order valence-corrected chi connectivity index (χ3v) is 6.03. The number of carboxylic acid groups (broad SMARTS) is 2. The minimum absolute atomic E-state index is 0.0659. The van der Waals surface area contributed by atoms with Crippen LogP contribution in [0.4, 0.5) is 0 Å². The molecular formula is C19H21N5O6S. The van der Waals surface area contributed by atoms with Crippen LogP contribution < -0.4 is 21.7 Å². The Hall–Kier alpha value is -3.54. The lowest BCUT2D eigenvalue weighted by molar-refractivity contribution is -0.140. The van der Waals surface area contributed by atoms with E-state index in [4.69, 9.17) is 10.8 Å². The van der Waals surface area contributed by atoms with Gasteiger partial charge in [0.05, 0.1) is 0 Å². The molecule has 1 aromatic carbocycles. The van der Waals surface area contributed by atoms with Gasteiger partial charge >= 0.3 is 11.9 Å². The van der Waals surface area contributed by atoms with Crippen LogP contribution in [0, 0.1) is 5.92 Å². The van der Waals surface area contributed by atoms with Gasteiger partial charge in [0.25, 0.3) is 5.91 Å². The van der Waals surface area contributed by atoms with Crippen molar-refractivity contribution in [2.45, 2.75) is 36.9 Å². The molecule has 0 saturated carbocycles. The molecule has 0 saturated heterocycles. The van der Waals surface area contributed by atoms with Crippen LogP contribution in [-0.4, -0.2) is 52.1 Å². The molecule has 2 heterocycles. The molecule has 1 aromatic rings. The van der Waals surface area contributed by atoms with E-state index in [9.17, 15) is 24.3 Å². The summed E-state index contributed by atoms with van der Waals surface area (Å²) < 4.78 is 0. The van der Waals surface area contributed by atoms with E-state index in [-0.39, 0.29) is 30.3 Å². The summed E-state index contributed by atoms with van der Waals surface area (Å²) in [6, 6.07) is 5.11. The van der Waals surface area contributed by atoms with E-state index in [1.807, 2.05) is 6.92 Å². The summed E-state index contributed by atoms with van der Waals surface area (Å²) in [7, 11) is 0. The van der Waals surface area contributed by atoms with Crippen LogP contribution in [-0.2, 0) is 14.4 Å². The van der Waals surface area contributed by atoms with Gasteiger partial charge < -0.3 is 26.6 Å². The Morgan fingerprint density at radius 3 is 2.55 bits per heavy atom. The number of hydrogen-bond acceptors (Lipinski definition) is 8. The Balaban J connectivity index is 1.67. The first kappa shape index (κ1) is 22.2. The molecule has 0 radical (unpaired) electrons. The Morgan fingerprint density at radius 1 is 1.26 bits per heavy atom. The number of thioether (sulfide) groups is 1. The van der Waals surface area contributed by atoms with Crippen LogP contribution in [0.15, 0.2) is 44.8 Å². The fraction of sp³-hybridized carbons (Fsp3) is 0.316. The molecule has 2 aliphatic heterocycles. The van der Waals surface area contributed by atoms with E-state index in [2.05, 4.69) is 20.9 Å². The quantitative estimate of drug-likeness (QED) is 0.320. The van der Waals surface area contributed by atoms with Gasteiger partial charge in [0.2, 0.25) is 5.91 Å². The number of nitrogens with one attached hydrogen (secondary N) is 3. The van der Waals surface area contributed by atoms with E-state index in [1.54, 1.807) is 12.1 Å². The summed E-state index contributed by atoms with van der Waals surface area (Å²) in [5.74, 6) is -3.76. The molecule has 0 aliphatic carbocycles. The maximum absolute atomic E-state index is 12.3. The summed E-state index contributed by atoms with van der Waals surface area (Å²) in [4.78, 5) is 52.3. The summed E-state index contributed by atoms with van der Waals surface area (Å²) in [6.45, 7) is 1.84. The van der Waals surface area contributed by atoms with Crippen molar-refractivity contribution in [1.82, 2.24) is 16.0 Å². The van der Waals surface area contributed by atoms with Crippen molar-refractivity contribution < 1.29 is 29.4 Å². The molecule has 3 atom stereocenters. The van der Waals surface area contributed by atoms with Crippen LogP contribution in [0.3, 0.4) is 0 Å². The third kappa shape index (κ3) is 5.15. The van der Waals surface area contributed by atoms with Gasteiger partial charge in [0.1, 0.15) is 18.1 Å². The number of nitrogens with zero attached hydrogens (tertiary/aromatic N) is 1. The highest BCUT2D eigenvalue weighted by molar-refractivity contribution is 8.03. The van der Waals surface area contributed by atoms with Gasteiger partial charge in [-0.15, -0.1) is 0 Å². The van der Waals surface area contributed by atoms with Crippen LogP contribution >= 0.6 is 11.8 Å². The lowest BCUT2D eigenvalue weighted by Crippen LogP contribution is -2.50. The number of guanidine groups is 1. The highest BCUT2D eigenvalue weighted by Crippen LogP contribution is 2.40. The van der Waals surface area contributed by atoms with Crippen molar-refractivity contribution in [1.29, 1.82) is 0 Å². The van der Waals surface area contributed by atoms with E-state index in [1.165, 1.54) is 23.9 Å². The highest BCUT2D eigenvalue weighted by atomic mass is 32.2. The maximum Gasteiger partial charge on any atom is 0.326 e. The van der Waals surface area contributed by atoms with Gasteiger partial charge in [0.15, 0.2) is 5.96 Å². The number of carboxylic acids is 2. The van der Waals surface area contributed by atoms with Gasteiger partial charge in [-0.05, 0) is 37.6 Å². The topological polar surface area (TPSA) is 183 Å². The molecule has 0 aromatic heterocycles. The minimum atomic E-state index is -1.30. The largest absolute Gasteiger partial charge is 0.481 e. The number of aliphatic carboxylic acids is 2. The normalized spacial score (nSPS) is 20.8. The SMILES string of the molecule is CC1=C(Sc2ccc(C(=O)NC(CCC(=O)O)C(=O)O)cc2)C2C(=O)NC(N)=NC2N1. The van der Waals surface area contributed by atoms with Crippen molar-refractivity contribution in [2.24, 2.45) is 16.6 Å². The summed E-state index contributed by atoms with van der Waals surface area (Å²) >= 11 is 1.36. The van der Waals surface area contributed by atoms with Crippen molar-refractivity contribution in [3.05, 3.63) is 40.4 Å². The zero-order chi connectivity index (χ0) is 22.7. The van der Waals surface area contributed by atoms with Gasteiger partial charge in [-0.2, -0.15) is 0 Å². The summed E-state index contributed by atoms with van der Waals surface area (Å²) in [5, 5.41) is 25.9. The molecular weight excluding hydrogens is 426 g/mol. The van der Waals surface area contributed by atoms with Crippen molar-refractivity contribution >= 4 is 41.5 Å². The number of fused-ring (bicyclic) bond motifs is 1. The Kier molecular flexibility index (Phi) is 6.49. The molecule has 31 heavy (non-hydrogen) atoms. The van der Waals surface area contributed by atoms with Crippen molar-refractivity contribution in [2.75, 3.05) is 0 Å². The number of allylic oxidation sites excluding steroid dienone is 1. The Morgan fingerprint density at radius 2 is 1.94 bits per heavy atom. The average molecular weight is 447 g/mol. The second-order valence-electron chi connectivity index (χ2n) is 6.98. The molecule has 0 spiro atoms. The van der Waals surface area contributed by atoms with Gasteiger partial charge in [0, 0.05) is 27.5 Å². The van der Waals surface area contributed by atoms with Gasteiger partial charge in [-0.1, -0.05) is 11.8 Å². The Bertz CT molecular complexity index is 990. The molecule has 164 valence electrons. The van der Waals surface area contributed by atoms with Gasteiger partial charge in [-0.3, -0.25) is 19.7 Å². The molecule has 3 unspecified atom stereocenters. The van der Waals surface area contributed by atoms with Gasteiger partial charge in [-0.25, -0.2) is 9.79 Å². The average Bonchev–Trinajstić information content (AvgIpc) is 3.00. The lowest BCUT2D eigenvalue weighted by atomic mass is 10.1. The predicted molar refractivity (Wildman–Crippen MR) is 111 cm³/mol. The fourth-order valence-electron chi connectivity index (χ4n) is 3.22. The monoisotopic (exact) mass is 447 g/mol. The number of aliphatic imine (C=N–C) groups is 1.